The summed E-state index contributed by atoms with van der Waals surface area (Å²) in [6.45, 7) is 0.256. The highest BCUT2D eigenvalue weighted by atomic mass is 32.1. The van der Waals surface area contributed by atoms with Gasteiger partial charge in [-0.25, -0.2) is 9.78 Å². The number of carbonyl (C=O) groups excluding carboxylic acids is 3. The van der Waals surface area contributed by atoms with E-state index >= 15 is 0 Å². The highest BCUT2D eigenvalue weighted by Gasteiger charge is 2.22. The van der Waals surface area contributed by atoms with Crippen LogP contribution in [0.2, 0.25) is 0 Å². The molecule has 1 N–H and O–H groups in total. The second kappa shape index (κ2) is 8.54. The molecule has 1 saturated heterocycles. The number of esters is 1. The number of thiophene rings is 1. The topological polar surface area (TPSA) is 88.6 Å². The molecule has 0 unspecified atom stereocenters. The number of carbonyl (C=O) groups is 3. The average molecular weight is 428 g/mol. The van der Waals surface area contributed by atoms with Crippen LogP contribution in [0, 0.1) is 0 Å². The summed E-state index contributed by atoms with van der Waals surface area (Å²) in [5, 5.41) is 6.98. The monoisotopic (exact) mass is 427 g/mol. The summed E-state index contributed by atoms with van der Waals surface area (Å²) in [6.07, 6.45) is 1.37. The van der Waals surface area contributed by atoms with E-state index in [1.165, 1.54) is 22.7 Å². The van der Waals surface area contributed by atoms with Gasteiger partial charge in [-0.05, 0) is 36.1 Å². The van der Waals surface area contributed by atoms with E-state index in [1.807, 2.05) is 23.6 Å². The Hall–Kier alpha value is -3.04. The number of aromatic nitrogens is 1. The van der Waals surface area contributed by atoms with Crippen LogP contribution in [-0.2, 0) is 14.3 Å². The Morgan fingerprint density at radius 3 is 2.86 bits per heavy atom. The van der Waals surface area contributed by atoms with Gasteiger partial charge in [-0.1, -0.05) is 12.1 Å². The predicted octanol–water partition coefficient (Wildman–Crippen LogP) is 3.79. The normalized spacial score (nSPS) is 13.5. The number of hydrogen-bond donors (Lipinski definition) is 1. The molecule has 7 nitrogen and oxygen atoms in total. The molecule has 0 aliphatic carbocycles. The summed E-state index contributed by atoms with van der Waals surface area (Å²) in [6, 6.07) is 10.9. The molecule has 3 heterocycles. The molecule has 9 heteroatoms. The van der Waals surface area contributed by atoms with E-state index in [9.17, 15) is 14.4 Å². The Labute approximate surface area is 175 Å². The molecule has 2 aromatic heterocycles. The highest BCUT2D eigenvalue weighted by molar-refractivity contribution is 7.20. The lowest BCUT2D eigenvalue weighted by molar-refractivity contribution is -0.119. The van der Waals surface area contributed by atoms with Crippen molar-refractivity contribution in [3.05, 3.63) is 52.9 Å². The van der Waals surface area contributed by atoms with E-state index in [2.05, 4.69) is 10.3 Å². The van der Waals surface area contributed by atoms with E-state index < -0.39 is 18.5 Å². The smallest absolute Gasteiger partial charge is 0.358 e. The van der Waals surface area contributed by atoms with Crippen molar-refractivity contribution in [3.63, 3.8) is 0 Å². The van der Waals surface area contributed by atoms with Gasteiger partial charge in [0.15, 0.2) is 12.3 Å². The first-order chi connectivity index (χ1) is 14.1. The van der Waals surface area contributed by atoms with Crippen molar-refractivity contribution in [2.75, 3.05) is 23.4 Å². The minimum atomic E-state index is -0.643. The lowest BCUT2D eigenvalue weighted by atomic mass is 10.2. The minimum absolute atomic E-state index is 0.0765. The maximum atomic E-state index is 12.2. The number of thiazole rings is 1. The molecule has 0 atom stereocenters. The number of rotatable bonds is 6. The number of hydrogen-bond acceptors (Lipinski definition) is 7. The molecule has 1 fully saturated rings. The van der Waals surface area contributed by atoms with Crippen molar-refractivity contribution in [1.82, 2.24) is 4.98 Å². The fraction of sp³-hybridized carbons (Fsp3) is 0.200. The van der Waals surface area contributed by atoms with Crippen LogP contribution in [0.3, 0.4) is 0 Å². The molecular formula is C20H17N3O4S2. The molecule has 0 spiro atoms. The Morgan fingerprint density at radius 1 is 1.21 bits per heavy atom. The number of amides is 2. The SMILES string of the molecule is O=C(COC(=O)c1csc(-c2cccs2)n1)Nc1cccc(N2CCCC2=O)c1. The molecule has 0 saturated carbocycles. The Bertz CT molecular complexity index is 1050. The van der Waals surface area contributed by atoms with Gasteiger partial charge in [-0.15, -0.1) is 22.7 Å². The number of anilines is 2. The Kier molecular flexibility index (Phi) is 5.68. The van der Waals surface area contributed by atoms with Crippen molar-refractivity contribution >= 4 is 51.8 Å². The van der Waals surface area contributed by atoms with E-state index in [1.54, 1.807) is 28.5 Å². The lowest BCUT2D eigenvalue weighted by Crippen LogP contribution is -2.24. The van der Waals surface area contributed by atoms with Gasteiger partial charge in [-0.3, -0.25) is 9.59 Å². The van der Waals surface area contributed by atoms with Crippen LogP contribution >= 0.6 is 22.7 Å². The molecule has 1 aliphatic rings. The predicted molar refractivity (Wildman–Crippen MR) is 112 cm³/mol. The van der Waals surface area contributed by atoms with Crippen LogP contribution in [0.25, 0.3) is 9.88 Å². The number of benzene rings is 1. The molecule has 148 valence electrons. The quantitative estimate of drug-likeness (QED) is 0.605. The highest BCUT2D eigenvalue weighted by Crippen LogP contribution is 2.28. The number of ether oxygens (including phenoxy) is 1. The van der Waals surface area contributed by atoms with Crippen LogP contribution in [0.1, 0.15) is 23.3 Å². The summed E-state index contributed by atoms with van der Waals surface area (Å²) in [5.74, 6) is -1.03. The lowest BCUT2D eigenvalue weighted by Gasteiger charge is -2.16. The van der Waals surface area contributed by atoms with Crippen molar-refractivity contribution in [3.8, 4) is 9.88 Å². The first kappa shape index (κ1) is 19.3. The fourth-order valence-electron chi connectivity index (χ4n) is 2.96. The van der Waals surface area contributed by atoms with E-state index in [0.717, 1.165) is 22.0 Å². The zero-order valence-corrected chi connectivity index (χ0v) is 16.9. The first-order valence-corrected chi connectivity index (χ1v) is 10.7. The van der Waals surface area contributed by atoms with Gasteiger partial charge in [0.25, 0.3) is 5.91 Å². The molecule has 0 bridgehead atoms. The summed E-state index contributed by atoms with van der Waals surface area (Å²) >= 11 is 2.89. The van der Waals surface area contributed by atoms with Crippen LogP contribution in [0.4, 0.5) is 11.4 Å². The zero-order chi connectivity index (χ0) is 20.2. The maximum Gasteiger partial charge on any atom is 0.358 e. The van der Waals surface area contributed by atoms with Crippen molar-refractivity contribution in [2.45, 2.75) is 12.8 Å². The largest absolute Gasteiger partial charge is 0.451 e. The van der Waals surface area contributed by atoms with Crippen molar-refractivity contribution in [2.24, 2.45) is 0 Å². The summed E-state index contributed by atoms with van der Waals surface area (Å²) in [4.78, 5) is 43.1. The van der Waals surface area contributed by atoms with E-state index in [-0.39, 0.29) is 11.6 Å². The summed E-state index contributed by atoms with van der Waals surface area (Å²) in [7, 11) is 0. The first-order valence-electron chi connectivity index (χ1n) is 8.97. The third kappa shape index (κ3) is 4.52. The van der Waals surface area contributed by atoms with Crippen LogP contribution in [0.15, 0.2) is 47.2 Å². The molecule has 4 rings (SSSR count). The zero-order valence-electron chi connectivity index (χ0n) is 15.3. The van der Waals surface area contributed by atoms with Gasteiger partial charge >= 0.3 is 5.97 Å². The van der Waals surface area contributed by atoms with Gasteiger partial charge < -0.3 is 15.0 Å². The molecular weight excluding hydrogens is 410 g/mol. The second-order valence-corrected chi connectivity index (χ2v) is 8.14. The second-order valence-electron chi connectivity index (χ2n) is 6.34. The van der Waals surface area contributed by atoms with Crippen molar-refractivity contribution < 1.29 is 19.1 Å². The molecule has 1 aliphatic heterocycles. The Morgan fingerprint density at radius 2 is 2.10 bits per heavy atom. The molecule has 3 aromatic rings. The van der Waals surface area contributed by atoms with E-state index in [4.69, 9.17) is 4.74 Å². The minimum Gasteiger partial charge on any atom is -0.451 e. The molecule has 2 amide bonds. The molecule has 0 radical (unpaired) electrons. The Balaban J connectivity index is 1.32. The van der Waals surface area contributed by atoms with Crippen LogP contribution in [-0.4, -0.2) is 35.9 Å². The van der Waals surface area contributed by atoms with Crippen LogP contribution in [0.5, 0.6) is 0 Å². The molecule has 29 heavy (non-hydrogen) atoms. The molecule has 1 aromatic carbocycles. The van der Waals surface area contributed by atoms with Gasteiger partial charge in [0.1, 0.15) is 5.01 Å². The maximum absolute atomic E-state index is 12.2. The van der Waals surface area contributed by atoms with Gasteiger partial charge in [-0.2, -0.15) is 0 Å². The average Bonchev–Trinajstić information content (AvgIpc) is 3.47. The summed E-state index contributed by atoms with van der Waals surface area (Å²) < 4.78 is 5.07. The number of nitrogens with one attached hydrogen (secondary N) is 1. The number of nitrogens with zero attached hydrogens (tertiary/aromatic N) is 2. The van der Waals surface area contributed by atoms with Gasteiger partial charge in [0, 0.05) is 29.7 Å². The van der Waals surface area contributed by atoms with Crippen LogP contribution < -0.4 is 10.2 Å². The van der Waals surface area contributed by atoms with Gasteiger partial charge in [0.05, 0.1) is 4.88 Å². The van der Waals surface area contributed by atoms with E-state index in [0.29, 0.717) is 18.7 Å². The fourth-order valence-corrected chi connectivity index (χ4v) is 4.56. The third-order valence-electron chi connectivity index (χ3n) is 4.29. The van der Waals surface area contributed by atoms with Crippen molar-refractivity contribution in [1.29, 1.82) is 0 Å². The third-order valence-corrected chi connectivity index (χ3v) is 6.18. The van der Waals surface area contributed by atoms with Gasteiger partial charge in [0.2, 0.25) is 5.91 Å². The standard InChI is InChI=1S/C20H17N3O4S2/c24-17(21-13-4-1-5-14(10-13)23-8-2-7-18(23)25)11-27-20(26)15-12-29-19(22-15)16-6-3-9-28-16/h1,3-6,9-10,12H,2,7-8,11H2,(H,21,24). The summed E-state index contributed by atoms with van der Waals surface area (Å²) in [5.41, 5.74) is 1.46.